The van der Waals surface area contributed by atoms with E-state index in [1.54, 1.807) is 0 Å². The number of rotatable bonds is 6. The van der Waals surface area contributed by atoms with Gasteiger partial charge in [-0.05, 0) is 71.8 Å². The van der Waals surface area contributed by atoms with Crippen LogP contribution in [-0.2, 0) is 0 Å². The highest BCUT2D eigenvalue weighted by Gasteiger charge is 2.17. The van der Waals surface area contributed by atoms with Gasteiger partial charge in [0.05, 0.1) is 27.9 Å². The van der Waals surface area contributed by atoms with E-state index in [1.807, 2.05) is 48.7 Å². The molecule has 0 aliphatic heterocycles. The van der Waals surface area contributed by atoms with Crippen molar-refractivity contribution in [1.29, 1.82) is 0 Å². The van der Waals surface area contributed by atoms with Crippen LogP contribution in [0.2, 0.25) is 0 Å². The zero-order valence-corrected chi connectivity index (χ0v) is 30.3. The van der Waals surface area contributed by atoms with Crippen LogP contribution in [0.5, 0.6) is 0 Å². The number of fused-ring (bicyclic) bond motifs is 6. The van der Waals surface area contributed by atoms with Gasteiger partial charge in [-0.1, -0.05) is 133 Å². The Bertz CT molecular complexity index is 3100. The molecular weight excluding hydrogens is 683 g/mol. The second-order valence-electron chi connectivity index (χ2n) is 14.1. The van der Waals surface area contributed by atoms with E-state index in [1.165, 1.54) is 21.7 Å². The third-order valence-corrected chi connectivity index (χ3v) is 10.8. The van der Waals surface area contributed by atoms with E-state index in [4.69, 9.17) is 15.0 Å². The molecule has 0 unspecified atom stereocenters. The zero-order valence-electron chi connectivity index (χ0n) is 30.3. The molecule has 4 aromatic heterocycles. The standard InChI is InChI=1S/C51H33N5/c1-3-12-36(13-4-1)45-33-46(54-50(53-45)38-14-5-2-6-15-38)37-23-21-34(22-24-37)35-25-27-39(28-26-35)55-47-19-9-8-17-42(47)44-32-40(29-30-49(44)55)56-48-20-10-7-16-41(48)43-18-11-31-52-51(43)56/h1-33H. The van der Waals surface area contributed by atoms with Gasteiger partial charge in [-0.15, -0.1) is 0 Å². The minimum atomic E-state index is 0.714. The largest absolute Gasteiger partial charge is 0.309 e. The number of benzene rings is 7. The molecule has 0 radical (unpaired) electrons. The van der Waals surface area contributed by atoms with Gasteiger partial charge < -0.3 is 4.57 Å². The summed E-state index contributed by atoms with van der Waals surface area (Å²) in [5, 5.41) is 4.78. The maximum Gasteiger partial charge on any atom is 0.160 e. The first kappa shape index (κ1) is 31.9. The molecule has 5 nitrogen and oxygen atoms in total. The maximum atomic E-state index is 5.02. The van der Waals surface area contributed by atoms with Crippen molar-refractivity contribution < 1.29 is 0 Å². The van der Waals surface area contributed by atoms with E-state index in [9.17, 15) is 0 Å². The number of hydrogen-bond donors (Lipinski definition) is 0. The Morgan fingerprint density at radius 3 is 1.52 bits per heavy atom. The van der Waals surface area contributed by atoms with E-state index < -0.39 is 0 Å². The molecule has 7 aromatic carbocycles. The number of pyridine rings is 1. The Balaban J connectivity index is 0.953. The second-order valence-corrected chi connectivity index (χ2v) is 14.1. The summed E-state index contributed by atoms with van der Waals surface area (Å²) in [6.07, 6.45) is 1.88. The molecule has 0 N–H and O–H groups in total. The molecule has 4 heterocycles. The molecule has 262 valence electrons. The Morgan fingerprint density at radius 1 is 0.321 bits per heavy atom. The van der Waals surface area contributed by atoms with Gasteiger partial charge >= 0.3 is 0 Å². The number of para-hydroxylation sites is 2. The minimum Gasteiger partial charge on any atom is -0.309 e. The Kier molecular flexibility index (Phi) is 7.42. The fourth-order valence-corrected chi connectivity index (χ4v) is 8.14. The molecule has 0 fully saturated rings. The van der Waals surface area contributed by atoms with Crippen LogP contribution in [0.1, 0.15) is 0 Å². The normalized spacial score (nSPS) is 11.6. The fourth-order valence-electron chi connectivity index (χ4n) is 8.14. The molecule has 0 bridgehead atoms. The number of nitrogens with zero attached hydrogens (tertiary/aromatic N) is 5. The molecule has 0 aliphatic carbocycles. The van der Waals surface area contributed by atoms with Gasteiger partial charge in [-0.3, -0.25) is 4.57 Å². The van der Waals surface area contributed by atoms with Gasteiger partial charge in [-0.2, -0.15) is 0 Å². The molecule has 0 saturated carbocycles. The molecule has 11 rings (SSSR count). The van der Waals surface area contributed by atoms with Crippen molar-refractivity contribution in [2.45, 2.75) is 0 Å². The highest BCUT2D eigenvalue weighted by atomic mass is 15.0. The van der Waals surface area contributed by atoms with Crippen LogP contribution >= 0.6 is 0 Å². The predicted octanol–water partition coefficient (Wildman–Crippen LogP) is 12.7. The summed E-state index contributed by atoms with van der Waals surface area (Å²) in [7, 11) is 0. The summed E-state index contributed by atoms with van der Waals surface area (Å²) < 4.78 is 4.65. The Morgan fingerprint density at radius 2 is 0.821 bits per heavy atom. The molecule has 0 aliphatic rings. The van der Waals surface area contributed by atoms with Crippen molar-refractivity contribution in [2.75, 3.05) is 0 Å². The van der Waals surface area contributed by atoms with E-state index in [0.717, 1.165) is 72.6 Å². The minimum absolute atomic E-state index is 0.714. The van der Waals surface area contributed by atoms with Crippen molar-refractivity contribution in [1.82, 2.24) is 24.1 Å². The summed E-state index contributed by atoms with van der Waals surface area (Å²) >= 11 is 0. The molecule has 11 aromatic rings. The van der Waals surface area contributed by atoms with E-state index in [2.05, 4.69) is 161 Å². The summed E-state index contributed by atoms with van der Waals surface area (Å²) in [5.41, 5.74) is 13.9. The summed E-state index contributed by atoms with van der Waals surface area (Å²) in [6.45, 7) is 0. The molecule has 0 amide bonds. The first-order chi connectivity index (χ1) is 27.8. The highest BCUT2D eigenvalue weighted by Crippen LogP contribution is 2.37. The molecule has 0 saturated heterocycles. The average Bonchev–Trinajstić information content (AvgIpc) is 3.79. The van der Waals surface area contributed by atoms with Crippen molar-refractivity contribution in [3.63, 3.8) is 0 Å². The lowest BCUT2D eigenvalue weighted by Crippen LogP contribution is -1.96. The summed E-state index contributed by atoms with van der Waals surface area (Å²) in [5.74, 6) is 0.714. The Labute approximate surface area is 323 Å². The van der Waals surface area contributed by atoms with E-state index >= 15 is 0 Å². The van der Waals surface area contributed by atoms with Crippen molar-refractivity contribution >= 4 is 43.7 Å². The molecule has 5 heteroatoms. The lowest BCUT2D eigenvalue weighted by Gasteiger charge is -2.11. The third-order valence-electron chi connectivity index (χ3n) is 10.8. The fraction of sp³-hybridized carbons (Fsp3) is 0. The smallest absolute Gasteiger partial charge is 0.160 e. The van der Waals surface area contributed by atoms with Crippen molar-refractivity contribution in [3.8, 4) is 56.4 Å². The van der Waals surface area contributed by atoms with Crippen LogP contribution in [0, 0.1) is 0 Å². The molecule has 56 heavy (non-hydrogen) atoms. The van der Waals surface area contributed by atoms with Crippen LogP contribution in [0.15, 0.2) is 200 Å². The van der Waals surface area contributed by atoms with Gasteiger partial charge in [0.1, 0.15) is 5.65 Å². The summed E-state index contributed by atoms with van der Waals surface area (Å²) in [6, 6.07) is 68.3. The third kappa shape index (κ3) is 5.29. The van der Waals surface area contributed by atoms with Crippen LogP contribution in [0.25, 0.3) is 100 Å². The lowest BCUT2D eigenvalue weighted by atomic mass is 10.0. The van der Waals surface area contributed by atoms with Crippen LogP contribution in [0.3, 0.4) is 0 Å². The van der Waals surface area contributed by atoms with Gasteiger partial charge in [0.2, 0.25) is 0 Å². The quantitative estimate of drug-likeness (QED) is 0.172. The first-order valence-electron chi connectivity index (χ1n) is 18.9. The average molecular weight is 716 g/mol. The Hall–Kier alpha value is -7.63. The topological polar surface area (TPSA) is 48.5 Å². The molecule has 0 atom stereocenters. The van der Waals surface area contributed by atoms with Gasteiger partial charge in [0.15, 0.2) is 5.82 Å². The monoisotopic (exact) mass is 715 g/mol. The van der Waals surface area contributed by atoms with Gasteiger partial charge in [0, 0.05) is 55.8 Å². The van der Waals surface area contributed by atoms with Gasteiger partial charge in [-0.25, -0.2) is 15.0 Å². The number of hydrogen-bond acceptors (Lipinski definition) is 3. The number of aromatic nitrogens is 5. The predicted molar refractivity (Wildman–Crippen MR) is 230 cm³/mol. The van der Waals surface area contributed by atoms with Crippen LogP contribution < -0.4 is 0 Å². The zero-order chi connectivity index (χ0) is 37.0. The van der Waals surface area contributed by atoms with Crippen molar-refractivity contribution in [3.05, 3.63) is 200 Å². The van der Waals surface area contributed by atoms with Crippen LogP contribution in [-0.4, -0.2) is 24.1 Å². The van der Waals surface area contributed by atoms with E-state index in [0.29, 0.717) is 5.82 Å². The van der Waals surface area contributed by atoms with Gasteiger partial charge in [0.25, 0.3) is 0 Å². The van der Waals surface area contributed by atoms with E-state index in [-0.39, 0.29) is 0 Å². The lowest BCUT2D eigenvalue weighted by molar-refractivity contribution is 1.13. The second kappa shape index (κ2) is 13.0. The van der Waals surface area contributed by atoms with Crippen LogP contribution in [0.4, 0.5) is 0 Å². The molecule has 0 spiro atoms. The summed E-state index contributed by atoms with van der Waals surface area (Å²) in [4.78, 5) is 14.8. The SMILES string of the molecule is c1ccc(-c2cc(-c3ccc(-c4ccc(-n5c6ccccc6c6cc(-n7c8ccccc8c8cccnc87)ccc65)cc4)cc3)nc(-c3ccccc3)n2)cc1. The maximum absolute atomic E-state index is 5.02. The molecular formula is C51H33N5. The highest BCUT2D eigenvalue weighted by molar-refractivity contribution is 6.11. The van der Waals surface area contributed by atoms with Crippen molar-refractivity contribution in [2.24, 2.45) is 0 Å². The first-order valence-corrected chi connectivity index (χ1v) is 18.9.